The average molecular weight is 652 g/mol. The van der Waals surface area contributed by atoms with Crippen molar-refractivity contribution in [2.45, 2.75) is 73.6 Å². The third-order valence-corrected chi connectivity index (χ3v) is 3.96. The van der Waals surface area contributed by atoms with E-state index in [1.807, 2.05) is 13.8 Å². The van der Waals surface area contributed by atoms with Crippen molar-refractivity contribution in [3.8, 4) is 0 Å². The zero-order valence-electron chi connectivity index (χ0n) is 18.1. The molecule has 2 rings (SSSR count). The maximum absolute atomic E-state index is 4.99. The van der Waals surface area contributed by atoms with E-state index in [1.165, 1.54) is 24.0 Å². The number of hydrogen-bond donors (Lipinski definition) is 0. The van der Waals surface area contributed by atoms with E-state index in [2.05, 4.69) is 88.4 Å². The molecule has 2 aromatic carbocycles. The Balaban J connectivity index is -0.0000000691. The number of hydrogen-bond acceptors (Lipinski definition) is 0. The minimum absolute atomic E-state index is 0. The summed E-state index contributed by atoms with van der Waals surface area (Å²) in [5.41, 5.74) is 2.90. The molecule has 0 aliphatic carbocycles. The van der Waals surface area contributed by atoms with Crippen LogP contribution in [0.3, 0.4) is 0 Å². The van der Waals surface area contributed by atoms with Gasteiger partial charge in [0.1, 0.15) is 0 Å². The van der Waals surface area contributed by atoms with E-state index in [0.29, 0.717) is 11.8 Å². The first-order valence-electron chi connectivity index (χ1n) is 9.29. The van der Waals surface area contributed by atoms with E-state index >= 15 is 0 Å². The summed E-state index contributed by atoms with van der Waals surface area (Å²) in [5, 5.41) is 0. The van der Waals surface area contributed by atoms with E-state index < -0.39 is 16.8 Å². The molecule has 0 radical (unpaired) electrons. The molecule has 0 spiro atoms. The van der Waals surface area contributed by atoms with Gasteiger partial charge in [0.15, 0.2) is 0 Å². The van der Waals surface area contributed by atoms with Gasteiger partial charge in [-0.1, -0.05) is 110 Å². The second-order valence-electron chi connectivity index (χ2n) is 5.63. The SMILES string of the molecule is C.CC.CCC(C)c1ccccc1.CCC(C)c1ccccc1.Cl.Cl.Cl.[Cl][Sb]([Cl])[Cl]. The van der Waals surface area contributed by atoms with Crippen LogP contribution in [0.2, 0.25) is 0 Å². The van der Waals surface area contributed by atoms with Gasteiger partial charge in [-0.25, -0.2) is 0 Å². The van der Waals surface area contributed by atoms with Crippen LogP contribution in [0.4, 0.5) is 0 Å². The van der Waals surface area contributed by atoms with Crippen molar-refractivity contribution < 1.29 is 0 Å². The molecule has 30 heavy (non-hydrogen) atoms. The Bertz CT molecular complexity index is 463. The molecule has 0 saturated carbocycles. The van der Waals surface area contributed by atoms with Crippen molar-refractivity contribution in [3.63, 3.8) is 0 Å². The summed E-state index contributed by atoms with van der Waals surface area (Å²) >= 11 is -2.03. The Hall–Kier alpha value is 0.998. The van der Waals surface area contributed by atoms with Crippen LogP contribution >= 0.6 is 63.7 Å². The molecular formula is C23H41Cl6Sb. The van der Waals surface area contributed by atoms with E-state index in [-0.39, 0.29) is 44.6 Å². The van der Waals surface area contributed by atoms with Gasteiger partial charge in [0.2, 0.25) is 0 Å². The number of rotatable bonds is 4. The second kappa shape index (κ2) is 32.2. The fourth-order valence-corrected chi connectivity index (χ4v) is 2.03. The topological polar surface area (TPSA) is 0 Å². The predicted octanol–water partition coefficient (Wildman–Crippen LogP) is 11.0. The molecule has 0 amide bonds. The van der Waals surface area contributed by atoms with Crippen LogP contribution in [0.25, 0.3) is 0 Å². The Morgan fingerprint density at radius 3 is 1.00 bits per heavy atom. The summed E-state index contributed by atoms with van der Waals surface area (Å²) in [4.78, 5) is 0. The van der Waals surface area contributed by atoms with Gasteiger partial charge >= 0.3 is 43.3 Å². The molecule has 0 bridgehead atoms. The number of benzene rings is 2. The first-order chi connectivity index (χ1) is 12.4. The van der Waals surface area contributed by atoms with Gasteiger partial charge in [-0.2, -0.15) is 0 Å². The van der Waals surface area contributed by atoms with Crippen LogP contribution in [0, 0.1) is 0 Å². The van der Waals surface area contributed by atoms with Crippen molar-refractivity contribution in [1.82, 2.24) is 0 Å². The molecule has 0 N–H and O–H groups in total. The molecule has 2 atom stereocenters. The third kappa shape index (κ3) is 27.0. The first-order valence-corrected chi connectivity index (χ1v) is 19.0. The summed E-state index contributed by atoms with van der Waals surface area (Å²) < 4.78 is 0. The van der Waals surface area contributed by atoms with Crippen LogP contribution in [0.15, 0.2) is 60.7 Å². The van der Waals surface area contributed by atoms with Crippen molar-refractivity contribution in [2.75, 3.05) is 0 Å². The maximum atomic E-state index is 4.99. The van der Waals surface area contributed by atoms with E-state index in [1.54, 1.807) is 0 Å². The monoisotopic (exact) mass is 648 g/mol. The van der Waals surface area contributed by atoms with E-state index in [9.17, 15) is 0 Å². The summed E-state index contributed by atoms with van der Waals surface area (Å²) in [7, 11) is 15.0. The van der Waals surface area contributed by atoms with Gasteiger partial charge in [-0.15, -0.1) is 37.2 Å². The second-order valence-corrected chi connectivity index (χ2v) is 17.0. The van der Waals surface area contributed by atoms with Crippen LogP contribution in [-0.2, 0) is 0 Å². The molecule has 180 valence electrons. The first kappa shape index (κ1) is 44.6. The van der Waals surface area contributed by atoms with Crippen molar-refractivity contribution in [1.29, 1.82) is 0 Å². The van der Waals surface area contributed by atoms with Gasteiger partial charge in [-0.05, 0) is 35.8 Å². The van der Waals surface area contributed by atoms with Gasteiger partial charge in [0.05, 0.1) is 0 Å². The van der Waals surface area contributed by atoms with Gasteiger partial charge in [-0.3, -0.25) is 0 Å². The summed E-state index contributed by atoms with van der Waals surface area (Å²) in [5.74, 6) is 1.42. The molecule has 0 heterocycles. The Morgan fingerprint density at radius 1 is 0.633 bits per heavy atom. The predicted molar refractivity (Wildman–Crippen MR) is 153 cm³/mol. The molecule has 0 saturated heterocycles. The summed E-state index contributed by atoms with van der Waals surface area (Å²) in [6.07, 6.45) is 2.45. The molecule has 2 unspecified atom stereocenters. The van der Waals surface area contributed by atoms with Crippen LogP contribution in [0.1, 0.15) is 84.8 Å². The van der Waals surface area contributed by atoms with E-state index in [4.69, 9.17) is 26.5 Å². The van der Waals surface area contributed by atoms with Crippen molar-refractivity contribution in [2.24, 2.45) is 0 Å². The normalized spacial score (nSPS) is 10.1. The molecule has 0 aliphatic heterocycles. The molecule has 0 nitrogen and oxygen atoms in total. The molecule has 0 aliphatic rings. The van der Waals surface area contributed by atoms with Gasteiger partial charge < -0.3 is 0 Å². The fourth-order valence-electron chi connectivity index (χ4n) is 2.03. The molecule has 7 heteroatoms. The van der Waals surface area contributed by atoms with Crippen molar-refractivity contribution >= 4 is 80.5 Å². The zero-order valence-corrected chi connectivity index (χ0v) is 25.4. The molecule has 0 aromatic heterocycles. The molecule has 2 aromatic rings. The van der Waals surface area contributed by atoms with E-state index in [0.717, 1.165) is 0 Å². The molecular weight excluding hydrogens is 611 g/mol. The average Bonchev–Trinajstić information content (AvgIpc) is 2.69. The van der Waals surface area contributed by atoms with Crippen molar-refractivity contribution in [3.05, 3.63) is 71.8 Å². The number of halogens is 6. The van der Waals surface area contributed by atoms with Crippen LogP contribution in [0.5, 0.6) is 0 Å². The van der Waals surface area contributed by atoms with Crippen LogP contribution < -0.4 is 0 Å². The Labute approximate surface area is 224 Å². The van der Waals surface area contributed by atoms with Crippen LogP contribution in [-0.4, -0.2) is 16.8 Å². The standard InChI is InChI=1S/2C10H14.C2H6.CH4.6ClH.Sb/c2*1-3-9(2)10-7-5-4-6-8-10;1-2;;;;;;;;/h2*4-9H,3H2,1-2H3;1-2H3;1H4;6*1H;/q;;;;;;;;;;+3/p-3. The summed E-state index contributed by atoms with van der Waals surface area (Å²) in [6.45, 7) is 13.0. The zero-order chi connectivity index (χ0) is 20.4. The van der Waals surface area contributed by atoms with Gasteiger partial charge in [0, 0.05) is 0 Å². The van der Waals surface area contributed by atoms with Gasteiger partial charge in [0.25, 0.3) is 0 Å². The Kier molecular flexibility index (Phi) is 47.9. The molecule has 0 fully saturated rings. The summed E-state index contributed by atoms with van der Waals surface area (Å²) in [6, 6.07) is 21.3. The fraction of sp³-hybridized carbons (Fsp3) is 0.478. The minimum atomic E-state index is -2.03. The Morgan fingerprint density at radius 2 is 0.833 bits per heavy atom. The quantitative estimate of drug-likeness (QED) is 0.289. The third-order valence-electron chi connectivity index (χ3n) is 3.96.